The van der Waals surface area contributed by atoms with Crippen molar-refractivity contribution in [2.45, 2.75) is 51.0 Å². The fourth-order valence-corrected chi connectivity index (χ4v) is 3.24. The second-order valence-corrected chi connectivity index (χ2v) is 7.93. The zero-order valence-electron chi connectivity index (χ0n) is 15.0. The van der Waals surface area contributed by atoms with E-state index in [0.29, 0.717) is 6.54 Å². The number of carbonyl (C=O) groups excluding carboxylic acids is 1. The smallest absolute Gasteiger partial charge is 0.233 e. The zero-order chi connectivity index (χ0) is 17.4. The van der Waals surface area contributed by atoms with Crippen molar-refractivity contribution in [3.8, 4) is 0 Å². The molecule has 2 aromatic rings. The van der Waals surface area contributed by atoms with Crippen LogP contribution in [0.2, 0.25) is 0 Å². The summed E-state index contributed by atoms with van der Waals surface area (Å²) in [5, 5.41) is 0. The number of rotatable bonds is 4. The summed E-state index contributed by atoms with van der Waals surface area (Å²) < 4.78 is 0. The lowest BCUT2D eigenvalue weighted by Crippen LogP contribution is -2.36. The van der Waals surface area contributed by atoms with Gasteiger partial charge in [0.1, 0.15) is 0 Å². The van der Waals surface area contributed by atoms with Gasteiger partial charge in [0.2, 0.25) is 5.91 Å². The molecule has 126 valence electrons. The maximum absolute atomic E-state index is 13.0. The Labute approximate surface area is 144 Å². The minimum Gasteiger partial charge on any atom is -0.341 e. The highest BCUT2D eigenvalue weighted by atomic mass is 16.2. The number of likely N-dealkylation sites (N-methyl/N-ethyl adjacent to an activating group) is 1. The van der Waals surface area contributed by atoms with Gasteiger partial charge in [-0.3, -0.25) is 9.78 Å². The second kappa shape index (κ2) is 6.04. The predicted molar refractivity (Wildman–Crippen MR) is 96.8 cm³/mol. The van der Waals surface area contributed by atoms with Crippen LogP contribution in [0.15, 0.2) is 48.8 Å². The highest BCUT2D eigenvalue weighted by molar-refractivity contribution is 5.91. The third-order valence-electron chi connectivity index (χ3n) is 4.95. The van der Waals surface area contributed by atoms with Crippen LogP contribution in [0.4, 0.5) is 0 Å². The van der Waals surface area contributed by atoms with Gasteiger partial charge in [-0.2, -0.15) is 0 Å². The first kappa shape index (κ1) is 16.7. The molecular weight excluding hydrogens is 296 g/mol. The van der Waals surface area contributed by atoms with Gasteiger partial charge in [0.05, 0.1) is 5.41 Å². The number of aromatic nitrogens is 1. The largest absolute Gasteiger partial charge is 0.341 e. The van der Waals surface area contributed by atoms with Gasteiger partial charge in [0, 0.05) is 26.0 Å². The fraction of sp³-hybridized carbons (Fsp3) is 0.429. The minimum atomic E-state index is -0.312. The van der Waals surface area contributed by atoms with E-state index in [1.807, 2.05) is 30.3 Å². The molecule has 0 N–H and O–H groups in total. The number of hydrogen-bond acceptors (Lipinski definition) is 2. The van der Waals surface area contributed by atoms with Crippen molar-refractivity contribution in [3.05, 3.63) is 65.5 Å². The fourth-order valence-electron chi connectivity index (χ4n) is 3.24. The van der Waals surface area contributed by atoms with Crippen molar-refractivity contribution < 1.29 is 4.79 Å². The van der Waals surface area contributed by atoms with Gasteiger partial charge >= 0.3 is 0 Å². The highest BCUT2D eigenvalue weighted by Crippen LogP contribution is 2.49. The minimum absolute atomic E-state index is 0.135. The first-order chi connectivity index (χ1) is 11.3. The molecule has 0 bridgehead atoms. The van der Waals surface area contributed by atoms with Crippen LogP contribution in [0.5, 0.6) is 0 Å². The third-order valence-corrected chi connectivity index (χ3v) is 4.95. The lowest BCUT2D eigenvalue weighted by atomic mass is 9.84. The van der Waals surface area contributed by atoms with E-state index in [2.05, 4.69) is 50.0 Å². The maximum atomic E-state index is 13.0. The van der Waals surface area contributed by atoms with Gasteiger partial charge in [-0.25, -0.2) is 0 Å². The van der Waals surface area contributed by atoms with Gasteiger partial charge < -0.3 is 4.90 Å². The molecule has 1 amide bonds. The molecule has 1 aromatic heterocycles. The van der Waals surface area contributed by atoms with Gasteiger partial charge in [-0.05, 0) is 41.0 Å². The first-order valence-corrected chi connectivity index (χ1v) is 8.58. The quantitative estimate of drug-likeness (QED) is 0.850. The lowest BCUT2D eigenvalue weighted by molar-refractivity contribution is -0.133. The number of amides is 1. The zero-order valence-corrected chi connectivity index (χ0v) is 15.0. The van der Waals surface area contributed by atoms with E-state index in [1.54, 1.807) is 6.20 Å². The summed E-state index contributed by atoms with van der Waals surface area (Å²) in [6, 6.07) is 12.5. The standard InChI is InChI=1S/C21H26N2O/c1-20(2,3)17-7-9-18(10-8-17)21(11-12-21)19(24)23(4)15-16-6-5-13-22-14-16/h5-10,13-14H,11-12,15H2,1-4H3. The van der Waals surface area contributed by atoms with Crippen LogP contribution in [0.25, 0.3) is 0 Å². The number of benzene rings is 1. The van der Waals surface area contributed by atoms with E-state index in [-0.39, 0.29) is 16.7 Å². The summed E-state index contributed by atoms with van der Waals surface area (Å²) in [7, 11) is 1.89. The molecule has 1 heterocycles. The van der Waals surface area contributed by atoms with E-state index >= 15 is 0 Å². The molecule has 0 radical (unpaired) electrons. The average molecular weight is 322 g/mol. The Bertz CT molecular complexity index is 710. The van der Waals surface area contributed by atoms with Crippen LogP contribution in [-0.2, 0) is 22.2 Å². The molecule has 0 spiro atoms. The predicted octanol–water partition coefficient (Wildman–Crippen LogP) is 4.07. The molecule has 1 aliphatic carbocycles. The van der Waals surface area contributed by atoms with Crippen molar-refractivity contribution in [3.63, 3.8) is 0 Å². The molecular formula is C21H26N2O. The van der Waals surface area contributed by atoms with Gasteiger partial charge in [-0.1, -0.05) is 51.1 Å². The summed E-state index contributed by atoms with van der Waals surface area (Å²) in [5.74, 6) is 0.217. The lowest BCUT2D eigenvalue weighted by Gasteiger charge is -2.25. The van der Waals surface area contributed by atoms with E-state index in [9.17, 15) is 4.79 Å². The van der Waals surface area contributed by atoms with Crippen LogP contribution in [0.3, 0.4) is 0 Å². The van der Waals surface area contributed by atoms with Gasteiger partial charge in [0.15, 0.2) is 0 Å². The average Bonchev–Trinajstić information content (AvgIpc) is 3.36. The van der Waals surface area contributed by atoms with E-state index in [0.717, 1.165) is 24.0 Å². The van der Waals surface area contributed by atoms with Crippen LogP contribution in [-0.4, -0.2) is 22.8 Å². The van der Waals surface area contributed by atoms with E-state index in [1.165, 1.54) is 5.56 Å². The van der Waals surface area contributed by atoms with Crippen molar-refractivity contribution in [2.75, 3.05) is 7.05 Å². The van der Waals surface area contributed by atoms with Crippen molar-refractivity contribution in [1.29, 1.82) is 0 Å². The Morgan fingerprint density at radius 2 is 1.83 bits per heavy atom. The van der Waals surface area contributed by atoms with Crippen molar-refractivity contribution in [2.24, 2.45) is 0 Å². The van der Waals surface area contributed by atoms with Crippen LogP contribution < -0.4 is 0 Å². The molecule has 1 aliphatic rings. The Morgan fingerprint density at radius 3 is 2.33 bits per heavy atom. The highest BCUT2D eigenvalue weighted by Gasteiger charge is 2.52. The molecule has 1 aromatic carbocycles. The number of hydrogen-bond donors (Lipinski definition) is 0. The van der Waals surface area contributed by atoms with Crippen LogP contribution in [0.1, 0.15) is 50.3 Å². The Morgan fingerprint density at radius 1 is 1.17 bits per heavy atom. The topological polar surface area (TPSA) is 33.2 Å². The van der Waals surface area contributed by atoms with E-state index < -0.39 is 0 Å². The normalized spacial score (nSPS) is 15.8. The molecule has 1 fully saturated rings. The number of nitrogens with zero attached hydrogens (tertiary/aromatic N) is 2. The summed E-state index contributed by atoms with van der Waals surface area (Å²) in [6.07, 6.45) is 5.46. The molecule has 0 aliphatic heterocycles. The molecule has 1 saturated carbocycles. The van der Waals surface area contributed by atoms with Gasteiger partial charge in [-0.15, -0.1) is 0 Å². The van der Waals surface area contributed by atoms with E-state index in [4.69, 9.17) is 0 Å². The van der Waals surface area contributed by atoms with Crippen LogP contribution in [0, 0.1) is 0 Å². The molecule has 0 unspecified atom stereocenters. The maximum Gasteiger partial charge on any atom is 0.233 e. The van der Waals surface area contributed by atoms with Crippen molar-refractivity contribution in [1.82, 2.24) is 9.88 Å². The molecule has 3 rings (SSSR count). The SMILES string of the molecule is CN(Cc1cccnc1)C(=O)C1(c2ccc(C(C)(C)C)cc2)CC1. The van der Waals surface area contributed by atoms with Crippen molar-refractivity contribution >= 4 is 5.91 Å². The molecule has 0 atom stereocenters. The van der Waals surface area contributed by atoms with Crippen LogP contribution >= 0.6 is 0 Å². The molecule has 24 heavy (non-hydrogen) atoms. The first-order valence-electron chi connectivity index (χ1n) is 8.58. The Hall–Kier alpha value is -2.16. The summed E-state index contributed by atoms with van der Waals surface area (Å²) in [5.41, 5.74) is 3.34. The Balaban J connectivity index is 1.76. The second-order valence-electron chi connectivity index (χ2n) is 7.93. The molecule has 3 heteroatoms. The van der Waals surface area contributed by atoms with Gasteiger partial charge in [0.25, 0.3) is 0 Å². The Kier molecular flexibility index (Phi) is 4.20. The monoisotopic (exact) mass is 322 g/mol. The summed E-state index contributed by atoms with van der Waals surface area (Å²) in [4.78, 5) is 19.0. The summed E-state index contributed by atoms with van der Waals surface area (Å²) >= 11 is 0. The number of pyridine rings is 1. The molecule has 3 nitrogen and oxygen atoms in total. The third kappa shape index (κ3) is 3.21. The summed E-state index contributed by atoms with van der Waals surface area (Å²) in [6.45, 7) is 7.24. The molecule has 0 saturated heterocycles. The number of carbonyl (C=O) groups is 1.